The molecule has 3 heteroatoms. The van der Waals surface area contributed by atoms with Gasteiger partial charge in [-0.2, -0.15) is 0 Å². The van der Waals surface area contributed by atoms with E-state index in [4.69, 9.17) is 0 Å². The third kappa shape index (κ3) is 2.59. The molecular formula is C12H22N2O. The fraction of sp³-hybridized carbons (Fsp3) is 0.750. The summed E-state index contributed by atoms with van der Waals surface area (Å²) in [6, 6.07) is 0. The molecule has 1 fully saturated rings. The van der Waals surface area contributed by atoms with E-state index in [0.29, 0.717) is 6.54 Å². The Morgan fingerprint density at radius 3 is 2.67 bits per heavy atom. The molecule has 0 aromatic rings. The second-order valence-electron chi connectivity index (χ2n) is 4.58. The Hall–Kier alpha value is -0.830. The summed E-state index contributed by atoms with van der Waals surface area (Å²) >= 11 is 0. The smallest absolute Gasteiger partial charge is 0.242 e. The van der Waals surface area contributed by atoms with Crippen molar-refractivity contribution in [2.75, 3.05) is 20.1 Å². The van der Waals surface area contributed by atoms with Crippen LogP contribution in [0.15, 0.2) is 12.2 Å². The van der Waals surface area contributed by atoms with Gasteiger partial charge >= 0.3 is 0 Å². The predicted octanol–water partition coefficient (Wildman–Crippen LogP) is 1.55. The fourth-order valence-corrected chi connectivity index (χ4v) is 2.28. The summed E-state index contributed by atoms with van der Waals surface area (Å²) < 4.78 is 0. The Labute approximate surface area is 92.5 Å². The minimum atomic E-state index is -0.301. The van der Waals surface area contributed by atoms with Crippen molar-refractivity contribution < 1.29 is 4.79 Å². The topological polar surface area (TPSA) is 32.3 Å². The highest BCUT2D eigenvalue weighted by Gasteiger charge is 2.40. The second-order valence-corrected chi connectivity index (χ2v) is 4.58. The average molecular weight is 210 g/mol. The molecule has 15 heavy (non-hydrogen) atoms. The summed E-state index contributed by atoms with van der Waals surface area (Å²) in [5.41, 5.74) is 0.722. The lowest BCUT2D eigenvalue weighted by Crippen LogP contribution is -2.53. The molecule has 0 radical (unpaired) electrons. The van der Waals surface area contributed by atoms with Crippen LogP contribution < -0.4 is 5.32 Å². The van der Waals surface area contributed by atoms with Gasteiger partial charge in [-0.05, 0) is 32.7 Å². The van der Waals surface area contributed by atoms with Crippen LogP contribution in [0.2, 0.25) is 0 Å². The van der Waals surface area contributed by atoms with E-state index in [-0.39, 0.29) is 11.4 Å². The quantitative estimate of drug-likeness (QED) is 0.714. The van der Waals surface area contributed by atoms with Gasteiger partial charge in [0, 0.05) is 13.6 Å². The lowest BCUT2D eigenvalue weighted by molar-refractivity contribution is -0.136. The summed E-state index contributed by atoms with van der Waals surface area (Å²) in [5.74, 6) is 0.213. The number of carbonyl (C=O) groups is 1. The highest BCUT2D eigenvalue weighted by molar-refractivity contribution is 5.86. The highest BCUT2D eigenvalue weighted by Crippen LogP contribution is 2.25. The van der Waals surface area contributed by atoms with Crippen molar-refractivity contribution in [1.29, 1.82) is 0 Å². The number of nitrogens with zero attached hydrogens (tertiary/aromatic N) is 1. The van der Waals surface area contributed by atoms with E-state index in [1.165, 1.54) is 0 Å². The molecule has 0 bridgehead atoms. The Balaban J connectivity index is 2.68. The van der Waals surface area contributed by atoms with Gasteiger partial charge in [-0.15, -0.1) is 0 Å². The van der Waals surface area contributed by atoms with Gasteiger partial charge in [0.05, 0.1) is 5.54 Å². The molecule has 3 nitrogen and oxygen atoms in total. The van der Waals surface area contributed by atoms with Crippen molar-refractivity contribution in [1.82, 2.24) is 10.2 Å². The number of hydrogen-bond donors (Lipinski definition) is 1. The number of likely N-dealkylation sites (N-methyl/N-ethyl adjacent to an activating group) is 1. The second kappa shape index (κ2) is 4.79. The Bertz CT molecular complexity index is 254. The maximum atomic E-state index is 12.3. The van der Waals surface area contributed by atoms with E-state index in [1.807, 2.05) is 14.0 Å². The first kappa shape index (κ1) is 12.2. The van der Waals surface area contributed by atoms with Crippen LogP contribution in [-0.2, 0) is 4.79 Å². The van der Waals surface area contributed by atoms with E-state index in [1.54, 1.807) is 4.90 Å². The van der Waals surface area contributed by atoms with Crippen molar-refractivity contribution in [2.24, 2.45) is 0 Å². The van der Waals surface area contributed by atoms with Crippen molar-refractivity contribution in [3.63, 3.8) is 0 Å². The van der Waals surface area contributed by atoms with E-state index < -0.39 is 0 Å². The van der Waals surface area contributed by atoms with Crippen LogP contribution in [0, 0.1) is 0 Å². The number of amides is 1. The zero-order chi connectivity index (χ0) is 11.5. The van der Waals surface area contributed by atoms with Crippen LogP contribution in [0.3, 0.4) is 0 Å². The van der Waals surface area contributed by atoms with Gasteiger partial charge in [0.25, 0.3) is 0 Å². The first-order valence-corrected chi connectivity index (χ1v) is 5.67. The molecule has 1 aliphatic rings. The van der Waals surface area contributed by atoms with Crippen molar-refractivity contribution >= 4 is 5.91 Å². The molecule has 1 amide bonds. The van der Waals surface area contributed by atoms with Crippen LogP contribution in [0.4, 0.5) is 0 Å². The van der Waals surface area contributed by atoms with E-state index in [2.05, 4.69) is 18.8 Å². The third-order valence-corrected chi connectivity index (χ3v) is 3.11. The minimum absolute atomic E-state index is 0.213. The summed E-state index contributed by atoms with van der Waals surface area (Å²) in [4.78, 5) is 14.0. The standard InChI is InChI=1S/C12H22N2O/c1-5-12(7-6-8-13-12)11(15)14(4)9-10(2)3/h13H,2,5-9H2,1,3-4H3. The van der Waals surface area contributed by atoms with E-state index >= 15 is 0 Å². The zero-order valence-corrected chi connectivity index (χ0v) is 10.1. The predicted molar refractivity (Wildman–Crippen MR) is 62.7 cm³/mol. The number of nitrogens with one attached hydrogen (secondary N) is 1. The van der Waals surface area contributed by atoms with Gasteiger partial charge < -0.3 is 10.2 Å². The Morgan fingerprint density at radius 2 is 2.27 bits per heavy atom. The van der Waals surface area contributed by atoms with Crippen LogP contribution in [0.25, 0.3) is 0 Å². The van der Waals surface area contributed by atoms with Gasteiger partial charge in [-0.25, -0.2) is 0 Å². The molecule has 0 aromatic carbocycles. The van der Waals surface area contributed by atoms with Crippen LogP contribution >= 0.6 is 0 Å². The largest absolute Gasteiger partial charge is 0.340 e. The molecule has 1 aliphatic heterocycles. The van der Waals surface area contributed by atoms with Crippen molar-refractivity contribution in [3.05, 3.63) is 12.2 Å². The van der Waals surface area contributed by atoms with E-state index in [9.17, 15) is 4.79 Å². The van der Waals surface area contributed by atoms with Gasteiger partial charge in [0.1, 0.15) is 0 Å². The SMILES string of the molecule is C=C(C)CN(C)C(=O)C1(CC)CCCN1. The Morgan fingerprint density at radius 1 is 1.60 bits per heavy atom. The minimum Gasteiger partial charge on any atom is -0.340 e. The molecule has 86 valence electrons. The molecule has 1 unspecified atom stereocenters. The van der Waals surface area contributed by atoms with Gasteiger partial charge in [0.15, 0.2) is 0 Å². The van der Waals surface area contributed by atoms with Crippen LogP contribution in [0.1, 0.15) is 33.1 Å². The molecule has 0 saturated carbocycles. The zero-order valence-electron chi connectivity index (χ0n) is 10.1. The lowest BCUT2D eigenvalue weighted by Gasteiger charge is -2.31. The van der Waals surface area contributed by atoms with Gasteiger partial charge in [-0.3, -0.25) is 4.79 Å². The molecule has 1 N–H and O–H groups in total. The molecule has 0 aromatic heterocycles. The summed E-state index contributed by atoms with van der Waals surface area (Å²) in [6.45, 7) is 9.48. The summed E-state index contributed by atoms with van der Waals surface area (Å²) in [6.07, 6.45) is 2.93. The van der Waals surface area contributed by atoms with Crippen LogP contribution in [0.5, 0.6) is 0 Å². The van der Waals surface area contributed by atoms with Crippen LogP contribution in [-0.4, -0.2) is 36.5 Å². The third-order valence-electron chi connectivity index (χ3n) is 3.11. The molecule has 0 spiro atoms. The molecule has 1 saturated heterocycles. The monoisotopic (exact) mass is 210 g/mol. The number of rotatable bonds is 4. The molecule has 1 rings (SSSR count). The molecule has 1 atom stereocenters. The normalized spacial score (nSPS) is 25.3. The first-order valence-electron chi connectivity index (χ1n) is 5.67. The van der Waals surface area contributed by atoms with E-state index in [0.717, 1.165) is 31.4 Å². The maximum Gasteiger partial charge on any atom is 0.242 e. The maximum absolute atomic E-state index is 12.3. The number of carbonyl (C=O) groups excluding carboxylic acids is 1. The average Bonchev–Trinajstić information content (AvgIpc) is 2.65. The van der Waals surface area contributed by atoms with Gasteiger partial charge in [-0.1, -0.05) is 19.1 Å². The van der Waals surface area contributed by atoms with Crippen molar-refractivity contribution in [3.8, 4) is 0 Å². The fourth-order valence-electron chi connectivity index (χ4n) is 2.28. The highest BCUT2D eigenvalue weighted by atomic mass is 16.2. The first-order chi connectivity index (χ1) is 7.02. The summed E-state index contributed by atoms with van der Waals surface area (Å²) in [7, 11) is 1.86. The Kier molecular flexibility index (Phi) is 3.91. The molecule has 0 aliphatic carbocycles. The van der Waals surface area contributed by atoms with Crippen molar-refractivity contribution in [2.45, 2.75) is 38.6 Å². The molecular weight excluding hydrogens is 188 g/mol. The lowest BCUT2D eigenvalue weighted by atomic mass is 9.92. The van der Waals surface area contributed by atoms with Gasteiger partial charge in [0.2, 0.25) is 5.91 Å². The molecule has 1 heterocycles. The summed E-state index contributed by atoms with van der Waals surface area (Å²) in [5, 5.41) is 3.35. The number of hydrogen-bond acceptors (Lipinski definition) is 2.